The minimum Gasteiger partial charge on any atom is -0.389 e. The highest BCUT2D eigenvalue weighted by Gasteiger charge is 2.43. The number of hydrogen-bond acceptors (Lipinski definition) is 2. The SMILES string of the molecule is CC(C)(C)C(C)(O)C1CCOC1. The number of aliphatic hydroxyl groups is 1. The molecule has 1 heterocycles. The van der Waals surface area contributed by atoms with Gasteiger partial charge in [-0.05, 0) is 18.8 Å². The summed E-state index contributed by atoms with van der Waals surface area (Å²) in [5, 5.41) is 10.3. The molecule has 2 heteroatoms. The molecule has 0 aliphatic carbocycles. The molecule has 0 radical (unpaired) electrons. The van der Waals surface area contributed by atoms with Gasteiger partial charge in [-0.2, -0.15) is 0 Å². The van der Waals surface area contributed by atoms with Crippen molar-refractivity contribution in [3.63, 3.8) is 0 Å². The standard InChI is InChI=1S/C10H20O2/c1-9(2,3)10(4,11)8-5-6-12-7-8/h8,11H,5-7H2,1-4H3. The van der Waals surface area contributed by atoms with E-state index in [1.54, 1.807) is 0 Å². The minimum atomic E-state index is -0.608. The van der Waals surface area contributed by atoms with Crippen LogP contribution in [-0.2, 0) is 4.74 Å². The molecule has 0 aromatic rings. The van der Waals surface area contributed by atoms with Crippen LogP contribution in [0.5, 0.6) is 0 Å². The van der Waals surface area contributed by atoms with E-state index in [1.807, 2.05) is 6.92 Å². The van der Waals surface area contributed by atoms with Gasteiger partial charge in [-0.15, -0.1) is 0 Å². The lowest BCUT2D eigenvalue weighted by molar-refractivity contribution is -0.0896. The molecule has 0 saturated carbocycles. The molecule has 0 amide bonds. The van der Waals surface area contributed by atoms with E-state index in [2.05, 4.69) is 20.8 Å². The van der Waals surface area contributed by atoms with Crippen LogP contribution in [0.4, 0.5) is 0 Å². The van der Waals surface area contributed by atoms with E-state index < -0.39 is 5.60 Å². The van der Waals surface area contributed by atoms with Gasteiger partial charge in [0.1, 0.15) is 0 Å². The van der Waals surface area contributed by atoms with Crippen molar-refractivity contribution in [1.82, 2.24) is 0 Å². The molecule has 0 spiro atoms. The van der Waals surface area contributed by atoms with Crippen molar-refractivity contribution in [2.75, 3.05) is 13.2 Å². The smallest absolute Gasteiger partial charge is 0.0718 e. The van der Waals surface area contributed by atoms with Crippen molar-refractivity contribution in [3.05, 3.63) is 0 Å². The van der Waals surface area contributed by atoms with Gasteiger partial charge in [-0.1, -0.05) is 20.8 Å². The van der Waals surface area contributed by atoms with Crippen LogP contribution in [0.2, 0.25) is 0 Å². The summed E-state index contributed by atoms with van der Waals surface area (Å²) in [6.07, 6.45) is 0.990. The summed E-state index contributed by atoms with van der Waals surface area (Å²) in [6.45, 7) is 9.66. The zero-order chi connectivity index (χ0) is 9.41. The Morgan fingerprint density at radius 3 is 2.17 bits per heavy atom. The highest BCUT2D eigenvalue weighted by Crippen LogP contribution is 2.39. The van der Waals surface area contributed by atoms with Gasteiger partial charge < -0.3 is 9.84 Å². The zero-order valence-electron chi connectivity index (χ0n) is 8.55. The van der Waals surface area contributed by atoms with Crippen molar-refractivity contribution in [2.45, 2.75) is 39.7 Å². The Hall–Kier alpha value is -0.0800. The lowest BCUT2D eigenvalue weighted by Crippen LogP contribution is -2.46. The summed E-state index contributed by atoms with van der Waals surface area (Å²) in [6, 6.07) is 0. The van der Waals surface area contributed by atoms with E-state index >= 15 is 0 Å². The van der Waals surface area contributed by atoms with E-state index in [9.17, 15) is 5.11 Å². The van der Waals surface area contributed by atoms with Gasteiger partial charge in [-0.25, -0.2) is 0 Å². The predicted molar refractivity (Wildman–Crippen MR) is 49.0 cm³/mol. The highest BCUT2D eigenvalue weighted by molar-refractivity contribution is 4.93. The van der Waals surface area contributed by atoms with Gasteiger partial charge in [-0.3, -0.25) is 0 Å². The van der Waals surface area contributed by atoms with Crippen LogP contribution < -0.4 is 0 Å². The molecule has 2 nitrogen and oxygen atoms in total. The van der Waals surface area contributed by atoms with E-state index in [0.717, 1.165) is 13.0 Å². The number of ether oxygens (including phenoxy) is 1. The first-order valence-corrected chi connectivity index (χ1v) is 4.66. The Bertz CT molecular complexity index is 150. The Kier molecular flexibility index (Phi) is 2.50. The van der Waals surface area contributed by atoms with Gasteiger partial charge in [0.25, 0.3) is 0 Å². The first-order valence-electron chi connectivity index (χ1n) is 4.66. The van der Waals surface area contributed by atoms with Crippen molar-refractivity contribution < 1.29 is 9.84 Å². The van der Waals surface area contributed by atoms with Gasteiger partial charge in [0.2, 0.25) is 0 Å². The van der Waals surface area contributed by atoms with Crippen LogP contribution in [0.3, 0.4) is 0 Å². The third-order valence-electron chi connectivity index (χ3n) is 3.24. The molecule has 0 bridgehead atoms. The summed E-state index contributed by atoms with van der Waals surface area (Å²) < 4.78 is 5.28. The molecule has 2 atom stereocenters. The maximum atomic E-state index is 10.3. The molecular weight excluding hydrogens is 152 g/mol. The molecule has 1 aliphatic heterocycles. The van der Waals surface area contributed by atoms with Gasteiger partial charge >= 0.3 is 0 Å². The topological polar surface area (TPSA) is 29.5 Å². The summed E-state index contributed by atoms with van der Waals surface area (Å²) in [4.78, 5) is 0. The maximum absolute atomic E-state index is 10.3. The van der Waals surface area contributed by atoms with Crippen LogP contribution in [0.25, 0.3) is 0 Å². The number of rotatable bonds is 1. The molecule has 1 aliphatic rings. The molecule has 0 aromatic carbocycles. The summed E-state index contributed by atoms with van der Waals surface area (Å²) in [5.41, 5.74) is -0.672. The van der Waals surface area contributed by atoms with Crippen LogP contribution >= 0.6 is 0 Å². The first-order chi connectivity index (χ1) is 5.36. The molecule has 2 unspecified atom stereocenters. The van der Waals surface area contributed by atoms with E-state index in [-0.39, 0.29) is 5.41 Å². The summed E-state index contributed by atoms with van der Waals surface area (Å²) in [5.74, 6) is 0.303. The lowest BCUT2D eigenvalue weighted by atomic mass is 9.70. The molecule has 12 heavy (non-hydrogen) atoms. The van der Waals surface area contributed by atoms with E-state index in [0.29, 0.717) is 12.5 Å². The monoisotopic (exact) mass is 172 g/mol. The van der Waals surface area contributed by atoms with Crippen molar-refractivity contribution >= 4 is 0 Å². The Balaban J connectivity index is 2.69. The third-order valence-corrected chi connectivity index (χ3v) is 3.24. The fourth-order valence-corrected chi connectivity index (χ4v) is 1.59. The first kappa shape index (κ1) is 10.0. The largest absolute Gasteiger partial charge is 0.389 e. The Morgan fingerprint density at radius 2 is 1.83 bits per heavy atom. The normalized spacial score (nSPS) is 30.2. The van der Waals surface area contributed by atoms with Gasteiger partial charge in [0, 0.05) is 12.5 Å². The molecular formula is C10H20O2. The summed E-state index contributed by atoms with van der Waals surface area (Å²) >= 11 is 0. The molecule has 1 N–H and O–H groups in total. The average molecular weight is 172 g/mol. The Labute approximate surface area is 74.9 Å². The van der Waals surface area contributed by atoms with Crippen molar-refractivity contribution in [2.24, 2.45) is 11.3 Å². The predicted octanol–water partition coefficient (Wildman–Crippen LogP) is 1.82. The van der Waals surface area contributed by atoms with E-state index in [4.69, 9.17) is 4.74 Å². The molecule has 72 valence electrons. The molecule has 1 fully saturated rings. The summed E-state index contributed by atoms with van der Waals surface area (Å²) in [7, 11) is 0. The van der Waals surface area contributed by atoms with E-state index in [1.165, 1.54) is 0 Å². The maximum Gasteiger partial charge on any atom is 0.0718 e. The molecule has 0 aromatic heterocycles. The molecule has 1 saturated heterocycles. The van der Waals surface area contributed by atoms with Crippen LogP contribution in [0, 0.1) is 11.3 Å². The van der Waals surface area contributed by atoms with Crippen molar-refractivity contribution in [1.29, 1.82) is 0 Å². The van der Waals surface area contributed by atoms with Gasteiger partial charge in [0.05, 0.1) is 12.2 Å². The number of hydrogen-bond donors (Lipinski definition) is 1. The quantitative estimate of drug-likeness (QED) is 0.653. The fourth-order valence-electron chi connectivity index (χ4n) is 1.59. The lowest BCUT2D eigenvalue weighted by Gasteiger charge is -2.41. The van der Waals surface area contributed by atoms with Crippen LogP contribution in [0.15, 0.2) is 0 Å². The van der Waals surface area contributed by atoms with Crippen LogP contribution in [-0.4, -0.2) is 23.9 Å². The minimum absolute atomic E-state index is 0.0641. The zero-order valence-corrected chi connectivity index (χ0v) is 8.55. The van der Waals surface area contributed by atoms with Crippen molar-refractivity contribution in [3.8, 4) is 0 Å². The average Bonchev–Trinajstić information content (AvgIpc) is 2.34. The van der Waals surface area contributed by atoms with Crippen LogP contribution in [0.1, 0.15) is 34.1 Å². The third kappa shape index (κ3) is 1.64. The molecule has 1 rings (SSSR count). The second-order valence-corrected chi connectivity index (χ2v) is 4.96. The second kappa shape index (κ2) is 3.00. The Morgan fingerprint density at radius 1 is 1.25 bits per heavy atom. The highest BCUT2D eigenvalue weighted by atomic mass is 16.5. The fraction of sp³-hybridized carbons (Fsp3) is 1.00. The second-order valence-electron chi connectivity index (χ2n) is 4.96. The van der Waals surface area contributed by atoms with Gasteiger partial charge in [0.15, 0.2) is 0 Å².